The van der Waals surface area contributed by atoms with Crippen LogP contribution in [0.5, 0.6) is 0 Å². The maximum absolute atomic E-state index is 13.0. The van der Waals surface area contributed by atoms with E-state index in [2.05, 4.69) is 5.32 Å². The Kier molecular flexibility index (Phi) is 5.54. The standard InChI is InChI=1S/C15H21N3O4S.ClH/c1-10-7-14(18(19)20)8-15(11(10)2)23(21,22)17-6-5-12-3-4-13(9-17)16-12;/h7-8,12-13,16H,3-6,9H2,1-2H3;1H. The first kappa shape index (κ1) is 19.1. The smallest absolute Gasteiger partial charge is 0.271 e. The summed E-state index contributed by atoms with van der Waals surface area (Å²) in [6.45, 7) is 4.29. The number of nitro groups is 1. The molecular formula is C15H22ClN3O4S. The summed E-state index contributed by atoms with van der Waals surface area (Å²) in [6.07, 6.45) is 2.85. The Morgan fingerprint density at radius 3 is 2.54 bits per heavy atom. The first-order chi connectivity index (χ1) is 10.8. The second-order valence-electron chi connectivity index (χ2n) is 6.43. The highest BCUT2D eigenvalue weighted by Gasteiger charge is 2.36. The van der Waals surface area contributed by atoms with Crippen LogP contribution in [-0.4, -0.2) is 42.8 Å². The van der Waals surface area contributed by atoms with Crippen LogP contribution in [-0.2, 0) is 10.0 Å². The van der Waals surface area contributed by atoms with E-state index in [9.17, 15) is 18.5 Å². The van der Waals surface area contributed by atoms with Gasteiger partial charge in [-0.15, -0.1) is 12.4 Å². The summed E-state index contributed by atoms with van der Waals surface area (Å²) in [7, 11) is -3.73. The van der Waals surface area contributed by atoms with Crippen molar-refractivity contribution in [3.8, 4) is 0 Å². The molecule has 0 saturated carbocycles. The molecule has 24 heavy (non-hydrogen) atoms. The molecule has 9 heteroatoms. The largest absolute Gasteiger partial charge is 0.310 e. The second-order valence-corrected chi connectivity index (χ2v) is 8.34. The zero-order valence-corrected chi connectivity index (χ0v) is 15.3. The van der Waals surface area contributed by atoms with E-state index in [4.69, 9.17) is 0 Å². The van der Waals surface area contributed by atoms with E-state index in [1.807, 2.05) is 0 Å². The molecule has 2 aliphatic heterocycles. The van der Waals surface area contributed by atoms with E-state index in [0.29, 0.717) is 30.3 Å². The van der Waals surface area contributed by atoms with Crippen LogP contribution in [0.15, 0.2) is 17.0 Å². The number of nitro benzene ring substituents is 1. The molecule has 2 heterocycles. The van der Waals surface area contributed by atoms with Crippen molar-refractivity contribution >= 4 is 28.1 Å². The molecule has 0 aliphatic carbocycles. The highest BCUT2D eigenvalue weighted by atomic mass is 35.5. The highest BCUT2D eigenvalue weighted by molar-refractivity contribution is 7.89. The van der Waals surface area contributed by atoms with Crippen molar-refractivity contribution in [2.75, 3.05) is 13.1 Å². The number of nitrogens with zero attached hydrogens (tertiary/aromatic N) is 2. The van der Waals surface area contributed by atoms with Crippen molar-refractivity contribution in [1.82, 2.24) is 9.62 Å². The van der Waals surface area contributed by atoms with Gasteiger partial charge in [-0.05, 0) is 44.2 Å². The summed E-state index contributed by atoms with van der Waals surface area (Å²) in [6, 6.07) is 3.17. The Bertz CT molecular complexity index is 753. The van der Waals surface area contributed by atoms with Crippen molar-refractivity contribution in [3.63, 3.8) is 0 Å². The van der Waals surface area contributed by atoms with E-state index >= 15 is 0 Å². The molecule has 1 aromatic carbocycles. The van der Waals surface area contributed by atoms with Gasteiger partial charge in [-0.2, -0.15) is 4.31 Å². The molecule has 7 nitrogen and oxygen atoms in total. The predicted molar refractivity (Wildman–Crippen MR) is 93.1 cm³/mol. The van der Waals surface area contributed by atoms with Crippen molar-refractivity contribution < 1.29 is 13.3 Å². The van der Waals surface area contributed by atoms with Crippen LogP contribution in [0, 0.1) is 24.0 Å². The lowest BCUT2D eigenvalue weighted by Gasteiger charge is -2.24. The van der Waals surface area contributed by atoms with Crippen LogP contribution in [0.1, 0.15) is 30.4 Å². The van der Waals surface area contributed by atoms with Gasteiger partial charge in [0.05, 0.1) is 9.82 Å². The van der Waals surface area contributed by atoms with Crippen LogP contribution >= 0.6 is 12.4 Å². The third kappa shape index (κ3) is 3.42. The van der Waals surface area contributed by atoms with Gasteiger partial charge in [0.25, 0.3) is 5.69 Å². The highest BCUT2D eigenvalue weighted by Crippen LogP contribution is 2.30. The zero-order valence-electron chi connectivity index (χ0n) is 13.7. The molecule has 0 radical (unpaired) electrons. The number of halogens is 1. The molecule has 2 saturated heterocycles. The quantitative estimate of drug-likeness (QED) is 0.645. The number of hydrogen-bond acceptors (Lipinski definition) is 5. The minimum Gasteiger partial charge on any atom is -0.310 e. The van der Waals surface area contributed by atoms with E-state index in [1.165, 1.54) is 16.4 Å². The van der Waals surface area contributed by atoms with Crippen molar-refractivity contribution in [1.29, 1.82) is 0 Å². The number of aryl methyl sites for hydroxylation is 1. The maximum Gasteiger partial charge on any atom is 0.271 e. The summed E-state index contributed by atoms with van der Waals surface area (Å²) < 4.78 is 27.6. The molecule has 2 unspecified atom stereocenters. The molecule has 0 aromatic heterocycles. The number of nitrogens with one attached hydrogen (secondary N) is 1. The van der Waals surface area contributed by atoms with Gasteiger partial charge in [0.15, 0.2) is 0 Å². The number of rotatable bonds is 3. The number of fused-ring (bicyclic) bond motifs is 2. The Balaban J connectivity index is 0.00000208. The number of sulfonamides is 1. The molecular weight excluding hydrogens is 354 g/mol. The molecule has 3 rings (SSSR count). The zero-order chi connectivity index (χ0) is 16.8. The third-order valence-electron chi connectivity index (χ3n) is 4.92. The van der Waals surface area contributed by atoms with Crippen LogP contribution in [0.3, 0.4) is 0 Å². The Morgan fingerprint density at radius 1 is 1.21 bits per heavy atom. The molecule has 1 aromatic rings. The van der Waals surface area contributed by atoms with Gasteiger partial charge in [-0.3, -0.25) is 10.1 Å². The monoisotopic (exact) mass is 375 g/mol. The van der Waals surface area contributed by atoms with Gasteiger partial charge in [-0.1, -0.05) is 0 Å². The van der Waals surface area contributed by atoms with Gasteiger partial charge in [-0.25, -0.2) is 8.42 Å². The van der Waals surface area contributed by atoms with Crippen molar-refractivity contribution in [3.05, 3.63) is 33.4 Å². The first-order valence-corrected chi connectivity index (χ1v) is 9.25. The lowest BCUT2D eigenvalue weighted by atomic mass is 10.1. The Morgan fingerprint density at radius 2 is 1.88 bits per heavy atom. The van der Waals surface area contributed by atoms with Crippen LogP contribution in [0.25, 0.3) is 0 Å². The van der Waals surface area contributed by atoms with Crippen LogP contribution < -0.4 is 5.32 Å². The minimum absolute atomic E-state index is 0. The lowest BCUT2D eigenvalue weighted by molar-refractivity contribution is -0.385. The van der Waals surface area contributed by atoms with E-state index < -0.39 is 14.9 Å². The SMILES string of the molecule is Cc1cc([N+](=O)[O-])cc(S(=O)(=O)N2CCC3CCC(C2)N3)c1C.Cl. The van der Waals surface area contributed by atoms with Gasteiger partial charge in [0, 0.05) is 37.3 Å². The van der Waals surface area contributed by atoms with Crippen molar-refractivity contribution in [2.45, 2.75) is 50.1 Å². The fourth-order valence-electron chi connectivity index (χ4n) is 3.45. The van der Waals surface area contributed by atoms with Gasteiger partial charge >= 0.3 is 0 Å². The number of hydrogen-bond donors (Lipinski definition) is 1. The fraction of sp³-hybridized carbons (Fsp3) is 0.600. The predicted octanol–water partition coefficient (Wildman–Crippen LogP) is 2.15. The summed E-state index contributed by atoms with van der Waals surface area (Å²) in [5, 5.41) is 14.5. The molecule has 0 spiro atoms. The molecule has 2 atom stereocenters. The Labute approximate surface area is 148 Å². The molecule has 2 fully saturated rings. The van der Waals surface area contributed by atoms with E-state index in [0.717, 1.165) is 19.3 Å². The fourth-order valence-corrected chi connectivity index (χ4v) is 5.27. The lowest BCUT2D eigenvalue weighted by Crippen LogP contribution is -2.39. The molecule has 134 valence electrons. The Hall–Kier alpha value is -1.22. The number of benzene rings is 1. The maximum atomic E-state index is 13.0. The first-order valence-electron chi connectivity index (χ1n) is 7.81. The average molecular weight is 376 g/mol. The topological polar surface area (TPSA) is 92.5 Å². The summed E-state index contributed by atoms with van der Waals surface area (Å²) in [4.78, 5) is 10.6. The van der Waals surface area contributed by atoms with Gasteiger partial charge in [0.1, 0.15) is 0 Å². The molecule has 1 N–H and O–H groups in total. The third-order valence-corrected chi connectivity index (χ3v) is 6.91. The van der Waals surface area contributed by atoms with Crippen LogP contribution in [0.4, 0.5) is 5.69 Å². The van der Waals surface area contributed by atoms with Gasteiger partial charge < -0.3 is 5.32 Å². The van der Waals surface area contributed by atoms with Crippen molar-refractivity contribution in [2.24, 2.45) is 0 Å². The summed E-state index contributed by atoms with van der Waals surface area (Å²) in [5.41, 5.74) is 1.02. The number of non-ortho nitro benzene ring substituents is 1. The molecule has 2 aliphatic rings. The second kappa shape index (κ2) is 6.95. The summed E-state index contributed by atoms with van der Waals surface area (Å²) in [5.74, 6) is 0. The summed E-state index contributed by atoms with van der Waals surface area (Å²) >= 11 is 0. The normalized spacial score (nSPS) is 24.2. The van der Waals surface area contributed by atoms with Gasteiger partial charge in [0.2, 0.25) is 10.0 Å². The van der Waals surface area contributed by atoms with Crippen LogP contribution in [0.2, 0.25) is 0 Å². The average Bonchev–Trinajstić information content (AvgIpc) is 2.79. The van der Waals surface area contributed by atoms with E-state index in [-0.39, 0.29) is 29.0 Å². The molecule has 0 amide bonds. The van der Waals surface area contributed by atoms with E-state index in [1.54, 1.807) is 13.8 Å². The molecule has 2 bridgehead atoms. The minimum atomic E-state index is -3.73.